The first-order valence-corrected chi connectivity index (χ1v) is 8.68. The lowest BCUT2D eigenvalue weighted by atomic mass is 9.66. The zero-order valence-corrected chi connectivity index (χ0v) is 14.4. The number of ether oxygens (including phenoxy) is 3. The Hall–Kier alpha value is -1.10. The van der Waals surface area contributed by atoms with Gasteiger partial charge in [-0.2, -0.15) is 0 Å². The van der Waals surface area contributed by atoms with Gasteiger partial charge in [-0.25, -0.2) is 0 Å². The maximum atomic E-state index is 5.70. The molecule has 0 aromatic heterocycles. The molecule has 0 amide bonds. The van der Waals surface area contributed by atoms with E-state index in [0.717, 1.165) is 45.2 Å². The first kappa shape index (κ1) is 16.7. The van der Waals surface area contributed by atoms with Crippen LogP contribution in [0, 0.1) is 11.3 Å². The first-order chi connectivity index (χ1) is 11.3. The lowest BCUT2D eigenvalue weighted by molar-refractivity contribution is -0.0951. The number of likely N-dealkylation sites (tertiary alicyclic amines) is 1. The largest absolute Gasteiger partial charge is 0.497 e. The molecule has 0 bridgehead atoms. The van der Waals surface area contributed by atoms with Gasteiger partial charge in [-0.1, -0.05) is 12.1 Å². The zero-order chi connectivity index (χ0) is 16.1. The fourth-order valence-corrected chi connectivity index (χ4v) is 4.15. The molecule has 4 heteroatoms. The normalized spacial score (nSPS) is 24.7. The predicted octanol–water partition coefficient (Wildman–Crippen LogP) is 2.96. The van der Waals surface area contributed by atoms with Gasteiger partial charge in [0.25, 0.3) is 0 Å². The molecule has 0 saturated carbocycles. The van der Waals surface area contributed by atoms with Crippen LogP contribution in [0.25, 0.3) is 0 Å². The van der Waals surface area contributed by atoms with Gasteiger partial charge in [0.2, 0.25) is 0 Å². The quantitative estimate of drug-likeness (QED) is 0.835. The van der Waals surface area contributed by atoms with Crippen molar-refractivity contribution in [2.75, 3.05) is 47.1 Å². The molecule has 0 unspecified atom stereocenters. The highest BCUT2D eigenvalue weighted by Crippen LogP contribution is 2.44. The van der Waals surface area contributed by atoms with Gasteiger partial charge in [-0.05, 0) is 55.5 Å². The molecular weight excluding hydrogens is 290 g/mol. The van der Waals surface area contributed by atoms with Crippen LogP contribution in [0.5, 0.6) is 5.75 Å². The minimum absolute atomic E-state index is 0.430. The average Bonchev–Trinajstić information content (AvgIpc) is 2.60. The van der Waals surface area contributed by atoms with Crippen molar-refractivity contribution in [2.45, 2.75) is 25.8 Å². The second kappa shape index (κ2) is 7.65. The molecule has 3 rings (SSSR count). The van der Waals surface area contributed by atoms with E-state index in [1.807, 2.05) is 6.07 Å². The average molecular weight is 319 g/mol. The van der Waals surface area contributed by atoms with Gasteiger partial charge in [0.05, 0.1) is 20.3 Å². The number of nitrogens with zero attached hydrogens (tertiary/aromatic N) is 1. The van der Waals surface area contributed by atoms with Gasteiger partial charge in [-0.15, -0.1) is 0 Å². The van der Waals surface area contributed by atoms with Crippen LogP contribution >= 0.6 is 0 Å². The number of piperidine rings is 1. The van der Waals surface area contributed by atoms with E-state index in [0.29, 0.717) is 11.3 Å². The van der Waals surface area contributed by atoms with Crippen LogP contribution in [0.15, 0.2) is 24.3 Å². The van der Waals surface area contributed by atoms with Crippen LogP contribution in [0.2, 0.25) is 0 Å². The molecule has 2 aliphatic rings. The maximum Gasteiger partial charge on any atom is 0.119 e. The number of hydrogen-bond acceptors (Lipinski definition) is 4. The second-order valence-electron chi connectivity index (χ2n) is 6.97. The third kappa shape index (κ3) is 3.87. The summed E-state index contributed by atoms with van der Waals surface area (Å²) in [6.45, 7) is 5.95. The third-order valence-electron chi connectivity index (χ3n) is 5.69. The molecular formula is C19H29NO3. The molecule has 1 spiro atoms. The number of methoxy groups -OCH3 is 2. The summed E-state index contributed by atoms with van der Waals surface area (Å²) in [4.78, 5) is 2.57. The van der Waals surface area contributed by atoms with E-state index in [1.54, 1.807) is 14.2 Å². The summed E-state index contributed by atoms with van der Waals surface area (Å²) >= 11 is 0. The molecule has 0 aliphatic carbocycles. The molecule has 1 atom stereocenters. The first-order valence-electron chi connectivity index (χ1n) is 8.68. The van der Waals surface area contributed by atoms with Crippen molar-refractivity contribution in [1.29, 1.82) is 0 Å². The van der Waals surface area contributed by atoms with Crippen molar-refractivity contribution >= 4 is 0 Å². The number of rotatable bonds is 5. The molecule has 0 N–H and O–H groups in total. The third-order valence-corrected chi connectivity index (χ3v) is 5.69. The standard InChI is InChI=1S/C19H29NO3/c1-21-14-17-15-23-11-8-19(17)6-9-20(10-7-19)13-16-4-3-5-18(12-16)22-2/h3-5,12,17H,6-11,13-15H2,1-2H3/t17-/m1/s1. The smallest absolute Gasteiger partial charge is 0.119 e. The van der Waals surface area contributed by atoms with E-state index in [4.69, 9.17) is 14.2 Å². The van der Waals surface area contributed by atoms with Crippen LogP contribution in [0.4, 0.5) is 0 Å². The zero-order valence-electron chi connectivity index (χ0n) is 14.4. The Bertz CT molecular complexity index is 495. The predicted molar refractivity (Wildman–Crippen MR) is 90.7 cm³/mol. The molecule has 23 heavy (non-hydrogen) atoms. The van der Waals surface area contributed by atoms with Crippen molar-refractivity contribution in [1.82, 2.24) is 4.90 Å². The Kier molecular flexibility index (Phi) is 5.57. The number of benzene rings is 1. The van der Waals surface area contributed by atoms with Crippen molar-refractivity contribution in [3.8, 4) is 5.75 Å². The van der Waals surface area contributed by atoms with E-state index in [1.165, 1.54) is 24.8 Å². The fraction of sp³-hybridized carbons (Fsp3) is 0.684. The summed E-state index contributed by atoms with van der Waals surface area (Å²) in [5.41, 5.74) is 1.76. The lowest BCUT2D eigenvalue weighted by Gasteiger charge is -2.49. The highest BCUT2D eigenvalue weighted by molar-refractivity contribution is 5.28. The molecule has 2 saturated heterocycles. The van der Waals surface area contributed by atoms with Gasteiger partial charge in [0.1, 0.15) is 5.75 Å². The van der Waals surface area contributed by atoms with Crippen LogP contribution in [-0.2, 0) is 16.0 Å². The van der Waals surface area contributed by atoms with Gasteiger partial charge < -0.3 is 14.2 Å². The minimum atomic E-state index is 0.430. The van der Waals surface area contributed by atoms with Gasteiger partial charge in [0, 0.05) is 26.2 Å². The SMILES string of the molecule is COC[C@@H]1COCCC12CCN(Cc1cccc(OC)c1)CC2. The highest BCUT2D eigenvalue weighted by atomic mass is 16.5. The van der Waals surface area contributed by atoms with Crippen molar-refractivity contribution in [3.05, 3.63) is 29.8 Å². The molecule has 2 fully saturated rings. The number of hydrogen-bond donors (Lipinski definition) is 0. The highest BCUT2D eigenvalue weighted by Gasteiger charge is 2.43. The van der Waals surface area contributed by atoms with Crippen LogP contribution in [0.1, 0.15) is 24.8 Å². The van der Waals surface area contributed by atoms with Crippen molar-refractivity contribution in [3.63, 3.8) is 0 Å². The Morgan fingerprint density at radius 3 is 2.78 bits per heavy atom. The molecule has 128 valence electrons. The Labute approximate surface area is 139 Å². The van der Waals surface area contributed by atoms with E-state index in [-0.39, 0.29) is 0 Å². The fourth-order valence-electron chi connectivity index (χ4n) is 4.15. The summed E-state index contributed by atoms with van der Waals surface area (Å²) in [6.07, 6.45) is 3.71. The molecule has 2 heterocycles. The Morgan fingerprint density at radius 1 is 1.22 bits per heavy atom. The topological polar surface area (TPSA) is 30.9 Å². The lowest BCUT2D eigenvalue weighted by Crippen LogP contribution is -2.49. The summed E-state index contributed by atoms with van der Waals surface area (Å²) in [5.74, 6) is 1.50. The van der Waals surface area contributed by atoms with Crippen LogP contribution in [0.3, 0.4) is 0 Å². The van der Waals surface area contributed by atoms with Gasteiger partial charge in [-0.3, -0.25) is 4.90 Å². The minimum Gasteiger partial charge on any atom is -0.497 e. The summed E-state index contributed by atoms with van der Waals surface area (Å²) in [5, 5.41) is 0. The molecule has 2 aliphatic heterocycles. The second-order valence-corrected chi connectivity index (χ2v) is 6.97. The van der Waals surface area contributed by atoms with Crippen LogP contribution in [-0.4, -0.2) is 52.0 Å². The van der Waals surface area contributed by atoms with E-state index < -0.39 is 0 Å². The van der Waals surface area contributed by atoms with Crippen molar-refractivity contribution in [2.24, 2.45) is 11.3 Å². The maximum absolute atomic E-state index is 5.70. The van der Waals surface area contributed by atoms with Gasteiger partial charge in [0.15, 0.2) is 0 Å². The van der Waals surface area contributed by atoms with Gasteiger partial charge >= 0.3 is 0 Å². The molecule has 1 aromatic rings. The van der Waals surface area contributed by atoms with Crippen molar-refractivity contribution < 1.29 is 14.2 Å². The molecule has 0 radical (unpaired) electrons. The summed E-state index contributed by atoms with van der Waals surface area (Å²) in [7, 11) is 3.53. The Balaban J connectivity index is 1.58. The van der Waals surface area contributed by atoms with E-state index in [9.17, 15) is 0 Å². The summed E-state index contributed by atoms with van der Waals surface area (Å²) < 4.78 is 16.5. The van der Waals surface area contributed by atoms with Crippen LogP contribution < -0.4 is 4.74 Å². The monoisotopic (exact) mass is 319 g/mol. The van der Waals surface area contributed by atoms with E-state index in [2.05, 4.69) is 23.1 Å². The molecule has 4 nitrogen and oxygen atoms in total. The van der Waals surface area contributed by atoms with E-state index >= 15 is 0 Å². The Morgan fingerprint density at radius 2 is 2.04 bits per heavy atom. The summed E-state index contributed by atoms with van der Waals surface area (Å²) in [6, 6.07) is 8.42. The molecule has 1 aromatic carbocycles.